The number of aliphatic imine (C=N–C) groups is 2. The summed E-state index contributed by atoms with van der Waals surface area (Å²) >= 11 is 6.72. The second kappa shape index (κ2) is 7.62. The van der Waals surface area contributed by atoms with Crippen molar-refractivity contribution >= 4 is 55.5 Å². The molecule has 0 atom stereocenters. The van der Waals surface area contributed by atoms with Crippen molar-refractivity contribution in [3.63, 3.8) is 0 Å². The molecule has 27 heavy (non-hydrogen) atoms. The largest absolute Gasteiger partial charge is 0.450 e. The first-order chi connectivity index (χ1) is 13.1. The average molecular weight is 487 g/mol. The summed E-state index contributed by atoms with van der Waals surface area (Å²) in [4.78, 5) is 23.3. The van der Waals surface area contributed by atoms with E-state index in [1.54, 1.807) is 18.2 Å². The summed E-state index contributed by atoms with van der Waals surface area (Å²) in [7, 11) is 0. The summed E-state index contributed by atoms with van der Waals surface area (Å²) in [5.74, 6) is 1.30. The first-order valence-corrected chi connectivity index (χ1v) is 9.72. The van der Waals surface area contributed by atoms with Crippen LogP contribution in [-0.2, 0) is 11.3 Å². The number of furan rings is 1. The molecule has 0 bridgehead atoms. The Hall–Kier alpha value is -2.51. The minimum atomic E-state index is -0.401. The molecule has 0 fully saturated rings. The van der Waals surface area contributed by atoms with Gasteiger partial charge in [0.2, 0.25) is 0 Å². The number of amidine groups is 2. The van der Waals surface area contributed by atoms with E-state index in [4.69, 9.17) is 4.42 Å². The number of amides is 1. The van der Waals surface area contributed by atoms with Crippen molar-refractivity contribution in [2.45, 2.75) is 6.54 Å². The Kier molecular flexibility index (Phi) is 5.05. The van der Waals surface area contributed by atoms with Crippen molar-refractivity contribution in [1.29, 1.82) is 0 Å². The summed E-state index contributed by atoms with van der Waals surface area (Å²) in [5.41, 5.74) is 1.90. The van der Waals surface area contributed by atoms with Gasteiger partial charge in [-0.2, -0.15) is 4.99 Å². The summed E-state index contributed by atoms with van der Waals surface area (Å²) in [6.07, 6.45) is 8.73. The lowest BCUT2D eigenvalue weighted by molar-refractivity contribution is -0.113. The third-order valence-corrected chi connectivity index (χ3v) is 4.88. The number of hydrogen-bond donors (Lipinski definition) is 0. The van der Waals surface area contributed by atoms with Crippen LogP contribution in [0.25, 0.3) is 6.08 Å². The van der Waals surface area contributed by atoms with Crippen LogP contribution in [0.3, 0.4) is 0 Å². The molecule has 0 radical (unpaired) electrons. The Morgan fingerprint density at radius 2 is 2.04 bits per heavy atom. The minimum Gasteiger partial charge on any atom is -0.450 e. The van der Waals surface area contributed by atoms with Gasteiger partial charge in [-0.15, -0.1) is 0 Å². The maximum absolute atomic E-state index is 12.4. The molecule has 0 aliphatic carbocycles. The lowest BCUT2D eigenvalue weighted by atomic mass is 10.1. The molecule has 2 aliphatic heterocycles. The highest BCUT2D eigenvalue weighted by atomic mass is 79.9. The maximum atomic E-state index is 12.4. The number of fused-ring (bicyclic) bond motifs is 2. The van der Waals surface area contributed by atoms with Gasteiger partial charge in [-0.1, -0.05) is 24.3 Å². The van der Waals surface area contributed by atoms with E-state index in [1.165, 1.54) is 6.08 Å². The van der Waals surface area contributed by atoms with E-state index in [2.05, 4.69) is 41.8 Å². The third-order valence-electron chi connectivity index (χ3n) is 3.98. The summed E-state index contributed by atoms with van der Waals surface area (Å²) in [5, 5.41) is 0. The van der Waals surface area contributed by atoms with Crippen LogP contribution >= 0.6 is 31.9 Å². The number of halogens is 2. The van der Waals surface area contributed by atoms with E-state index in [9.17, 15) is 4.79 Å². The van der Waals surface area contributed by atoms with Crippen LogP contribution in [0.4, 0.5) is 0 Å². The molecule has 0 saturated heterocycles. The number of carbonyl (C=O) groups excluding carboxylic acids is 1. The molecule has 7 heteroatoms. The SMILES string of the molecule is O=C(/C=C/c1ccc(Br)o1)N=C1N=C2C=CC(Br)=CN2Cc2ccccc21. The van der Waals surface area contributed by atoms with Crippen LogP contribution in [0.2, 0.25) is 0 Å². The van der Waals surface area contributed by atoms with Gasteiger partial charge in [0, 0.05) is 28.9 Å². The lowest BCUT2D eigenvalue weighted by Crippen LogP contribution is -2.24. The molecule has 0 saturated carbocycles. The van der Waals surface area contributed by atoms with Crippen molar-refractivity contribution < 1.29 is 9.21 Å². The van der Waals surface area contributed by atoms with Gasteiger partial charge >= 0.3 is 0 Å². The fourth-order valence-electron chi connectivity index (χ4n) is 2.76. The second-order valence-electron chi connectivity index (χ2n) is 5.85. The van der Waals surface area contributed by atoms with Gasteiger partial charge < -0.3 is 9.32 Å². The van der Waals surface area contributed by atoms with Crippen LogP contribution in [0.15, 0.2) is 84.4 Å². The molecule has 1 aromatic carbocycles. The van der Waals surface area contributed by atoms with E-state index >= 15 is 0 Å². The van der Waals surface area contributed by atoms with E-state index < -0.39 is 5.91 Å². The monoisotopic (exact) mass is 485 g/mol. The van der Waals surface area contributed by atoms with Crippen LogP contribution in [-0.4, -0.2) is 22.5 Å². The fourth-order valence-corrected chi connectivity index (χ4v) is 3.46. The van der Waals surface area contributed by atoms with Gasteiger partial charge in [0.05, 0.1) is 0 Å². The smallest absolute Gasteiger partial charge is 0.271 e. The zero-order chi connectivity index (χ0) is 18.8. The predicted molar refractivity (Wildman–Crippen MR) is 113 cm³/mol. The fraction of sp³-hybridized carbons (Fsp3) is 0.0500. The first-order valence-electron chi connectivity index (χ1n) is 8.13. The topological polar surface area (TPSA) is 58.2 Å². The van der Waals surface area contributed by atoms with Crippen molar-refractivity contribution in [2.24, 2.45) is 9.98 Å². The Morgan fingerprint density at radius 3 is 2.85 bits per heavy atom. The molecule has 0 N–H and O–H groups in total. The zero-order valence-electron chi connectivity index (χ0n) is 14.0. The Bertz CT molecular complexity index is 1060. The van der Waals surface area contributed by atoms with E-state index in [0.29, 0.717) is 22.8 Å². The van der Waals surface area contributed by atoms with Crippen LogP contribution in [0.5, 0.6) is 0 Å². The van der Waals surface area contributed by atoms with Crippen molar-refractivity contribution in [2.75, 3.05) is 0 Å². The number of benzene rings is 1. The van der Waals surface area contributed by atoms with Crippen molar-refractivity contribution in [3.8, 4) is 0 Å². The van der Waals surface area contributed by atoms with Gasteiger partial charge in [0.25, 0.3) is 5.91 Å². The molecule has 0 spiro atoms. The number of carbonyl (C=O) groups is 1. The number of allylic oxidation sites excluding steroid dienone is 2. The van der Waals surface area contributed by atoms with Gasteiger partial charge in [-0.25, -0.2) is 4.99 Å². The first kappa shape index (κ1) is 17.9. The van der Waals surface area contributed by atoms with Crippen LogP contribution < -0.4 is 0 Å². The highest BCUT2D eigenvalue weighted by molar-refractivity contribution is 9.12. The Balaban J connectivity index is 1.70. The molecule has 5 nitrogen and oxygen atoms in total. The molecule has 2 aliphatic rings. The van der Waals surface area contributed by atoms with Crippen LogP contribution in [0, 0.1) is 0 Å². The average Bonchev–Trinajstić information content (AvgIpc) is 3.00. The Morgan fingerprint density at radius 1 is 1.19 bits per heavy atom. The molecular weight excluding hydrogens is 474 g/mol. The lowest BCUT2D eigenvalue weighted by Gasteiger charge is -2.21. The van der Waals surface area contributed by atoms with Crippen LogP contribution in [0.1, 0.15) is 16.9 Å². The van der Waals surface area contributed by atoms with Gasteiger partial charge in [0.15, 0.2) is 10.5 Å². The highest BCUT2D eigenvalue weighted by Crippen LogP contribution is 2.23. The van der Waals surface area contributed by atoms with Gasteiger partial charge in [0.1, 0.15) is 11.6 Å². The quantitative estimate of drug-likeness (QED) is 0.558. The zero-order valence-corrected chi connectivity index (χ0v) is 17.1. The molecule has 2 aromatic rings. The Labute approximate surface area is 172 Å². The standard InChI is InChI=1S/C20H13Br2N3O2/c21-14-5-9-18-23-20(16-4-2-1-3-13(16)11-25(18)12-14)24-19(26)10-7-15-6-8-17(22)27-15/h1-10,12H,11H2/b10-7+,24-20?. The van der Waals surface area contributed by atoms with E-state index in [-0.39, 0.29) is 0 Å². The van der Waals surface area contributed by atoms with Crippen molar-refractivity contribution in [3.05, 3.63) is 86.9 Å². The third kappa shape index (κ3) is 4.09. The number of nitrogens with zero attached hydrogens (tertiary/aromatic N) is 3. The molecule has 134 valence electrons. The number of hydrogen-bond acceptors (Lipinski definition) is 3. The second-order valence-corrected chi connectivity index (χ2v) is 7.55. The predicted octanol–water partition coefficient (Wildman–Crippen LogP) is 5.05. The summed E-state index contributed by atoms with van der Waals surface area (Å²) < 4.78 is 6.92. The number of rotatable bonds is 2. The summed E-state index contributed by atoms with van der Waals surface area (Å²) in [6, 6.07) is 11.4. The molecule has 4 rings (SSSR count). The normalized spacial score (nSPS) is 17.4. The summed E-state index contributed by atoms with van der Waals surface area (Å²) in [6.45, 7) is 0.651. The molecular formula is C20H13Br2N3O2. The molecule has 3 heterocycles. The molecule has 0 unspecified atom stereocenters. The van der Waals surface area contributed by atoms with Crippen molar-refractivity contribution in [1.82, 2.24) is 4.90 Å². The highest BCUT2D eigenvalue weighted by Gasteiger charge is 2.21. The van der Waals surface area contributed by atoms with E-state index in [0.717, 1.165) is 21.4 Å². The molecule has 1 aromatic heterocycles. The maximum Gasteiger partial charge on any atom is 0.271 e. The van der Waals surface area contributed by atoms with E-state index in [1.807, 2.05) is 47.5 Å². The van der Waals surface area contributed by atoms with Gasteiger partial charge in [-0.3, -0.25) is 4.79 Å². The minimum absolute atomic E-state index is 0.398. The van der Waals surface area contributed by atoms with Gasteiger partial charge in [-0.05, 0) is 67.8 Å². The molecule has 1 amide bonds.